The molecule has 0 aliphatic carbocycles. The summed E-state index contributed by atoms with van der Waals surface area (Å²) in [4.78, 5) is 2.59. The molecule has 0 aromatic carbocycles. The first kappa shape index (κ1) is 15.0. The fourth-order valence-corrected chi connectivity index (χ4v) is 2.75. The molecule has 1 N–H and O–H groups in total. The van der Waals surface area contributed by atoms with Crippen LogP contribution in [0.25, 0.3) is 0 Å². The van der Waals surface area contributed by atoms with Gasteiger partial charge in [-0.15, -0.1) is 0 Å². The highest BCUT2D eigenvalue weighted by molar-refractivity contribution is 4.75. The minimum absolute atomic E-state index is 0.844. The van der Waals surface area contributed by atoms with Gasteiger partial charge in [-0.1, -0.05) is 45.4 Å². The van der Waals surface area contributed by atoms with E-state index in [-0.39, 0.29) is 0 Å². The second kappa shape index (κ2) is 9.90. The van der Waals surface area contributed by atoms with Gasteiger partial charge in [-0.2, -0.15) is 0 Å². The maximum Gasteiger partial charge on any atom is 0.0116 e. The van der Waals surface area contributed by atoms with Crippen LogP contribution in [-0.4, -0.2) is 37.6 Å². The summed E-state index contributed by atoms with van der Waals surface area (Å²) in [6.45, 7) is 6.02. The smallest absolute Gasteiger partial charge is 0.0116 e. The molecule has 0 aromatic heterocycles. The van der Waals surface area contributed by atoms with Gasteiger partial charge in [0, 0.05) is 6.04 Å². The summed E-state index contributed by atoms with van der Waals surface area (Å²) in [5.41, 5.74) is 0. The zero-order valence-corrected chi connectivity index (χ0v) is 12.0. The zero-order valence-electron chi connectivity index (χ0n) is 12.0. The van der Waals surface area contributed by atoms with Crippen molar-refractivity contribution in [1.29, 1.82) is 0 Å². The molecular formula is C15H32N2. The molecule has 1 fully saturated rings. The third-order valence-electron chi connectivity index (χ3n) is 4.05. The first-order valence-corrected chi connectivity index (χ1v) is 7.75. The Kier molecular flexibility index (Phi) is 8.72. The molecule has 1 saturated heterocycles. The molecule has 1 heterocycles. The monoisotopic (exact) mass is 240 g/mol. The maximum atomic E-state index is 3.44. The van der Waals surface area contributed by atoms with E-state index in [0.29, 0.717) is 0 Å². The minimum atomic E-state index is 0.844. The average Bonchev–Trinajstić information content (AvgIpc) is 2.38. The van der Waals surface area contributed by atoms with Gasteiger partial charge in [-0.3, -0.25) is 0 Å². The van der Waals surface area contributed by atoms with Crippen LogP contribution in [0, 0.1) is 0 Å². The summed E-state index contributed by atoms with van der Waals surface area (Å²) < 4.78 is 0. The summed E-state index contributed by atoms with van der Waals surface area (Å²) in [5, 5.41) is 3.44. The molecule has 2 heteroatoms. The molecule has 0 unspecified atom stereocenters. The maximum absolute atomic E-state index is 3.44. The van der Waals surface area contributed by atoms with E-state index in [1.165, 1.54) is 77.4 Å². The summed E-state index contributed by atoms with van der Waals surface area (Å²) in [5.74, 6) is 0. The SMILES string of the molecule is CCCCCCCCCN(C)C1CCNCC1. The summed E-state index contributed by atoms with van der Waals surface area (Å²) in [6, 6.07) is 0.844. The minimum Gasteiger partial charge on any atom is -0.317 e. The number of hydrogen-bond acceptors (Lipinski definition) is 2. The van der Waals surface area contributed by atoms with Gasteiger partial charge in [0.25, 0.3) is 0 Å². The van der Waals surface area contributed by atoms with Crippen LogP contribution < -0.4 is 5.32 Å². The third-order valence-corrected chi connectivity index (χ3v) is 4.05. The fraction of sp³-hybridized carbons (Fsp3) is 1.00. The molecule has 1 aliphatic rings. The van der Waals surface area contributed by atoms with Gasteiger partial charge in [0.2, 0.25) is 0 Å². The highest BCUT2D eigenvalue weighted by atomic mass is 15.1. The van der Waals surface area contributed by atoms with Crippen LogP contribution in [0.2, 0.25) is 0 Å². The van der Waals surface area contributed by atoms with E-state index in [4.69, 9.17) is 0 Å². The van der Waals surface area contributed by atoms with Crippen LogP contribution in [0.3, 0.4) is 0 Å². The van der Waals surface area contributed by atoms with E-state index in [0.717, 1.165) is 6.04 Å². The van der Waals surface area contributed by atoms with Crippen molar-refractivity contribution in [3.8, 4) is 0 Å². The van der Waals surface area contributed by atoms with Crippen LogP contribution in [0.5, 0.6) is 0 Å². The van der Waals surface area contributed by atoms with E-state index < -0.39 is 0 Å². The highest BCUT2D eigenvalue weighted by Crippen LogP contribution is 2.12. The van der Waals surface area contributed by atoms with Gasteiger partial charge in [-0.25, -0.2) is 0 Å². The lowest BCUT2D eigenvalue weighted by molar-refractivity contribution is 0.195. The lowest BCUT2D eigenvalue weighted by Gasteiger charge is -2.31. The molecule has 0 amide bonds. The van der Waals surface area contributed by atoms with E-state index in [9.17, 15) is 0 Å². The Morgan fingerprint density at radius 1 is 0.941 bits per heavy atom. The number of unbranched alkanes of at least 4 members (excludes halogenated alkanes) is 6. The Labute approximate surface area is 108 Å². The predicted molar refractivity (Wildman–Crippen MR) is 76.5 cm³/mol. The molecule has 102 valence electrons. The Balaban J connectivity index is 1.90. The van der Waals surface area contributed by atoms with Gasteiger partial charge in [0.05, 0.1) is 0 Å². The van der Waals surface area contributed by atoms with Crippen molar-refractivity contribution < 1.29 is 0 Å². The number of hydrogen-bond donors (Lipinski definition) is 1. The first-order valence-electron chi connectivity index (χ1n) is 7.75. The van der Waals surface area contributed by atoms with E-state index in [1.54, 1.807) is 0 Å². The van der Waals surface area contributed by atoms with Crippen molar-refractivity contribution in [1.82, 2.24) is 10.2 Å². The molecule has 0 bridgehead atoms. The second-order valence-corrected chi connectivity index (χ2v) is 5.58. The normalized spacial score (nSPS) is 17.8. The number of nitrogens with one attached hydrogen (secondary N) is 1. The average molecular weight is 240 g/mol. The lowest BCUT2D eigenvalue weighted by atomic mass is 10.0. The Morgan fingerprint density at radius 2 is 1.53 bits per heavy atom. The molecular weight excluding hydrogens is 208 g/mol. The van der Waals surface area contributed by atoms with E-state index >= 15 is 0 Å². The second-order valence-electron chi connectivity index (χ2n) is 5.58. The van der Waals surface area contributed by atoms with Crippen LogP contribution in [-0.2, 0) is 0 Å². The molecule has 0 spiro atoms. The van der Waals surface area contributed by atoms with Crippen molar-refractivity contribution >= 4 is 0 Å². The molecule has 0 aromatic rings. The number of rotatable bonds is 9. The number of piperidine rings is 1. The van der Waals surface area contributed by atoms with E-state index in [1.807, 2.05) is 0 Å². The Hall–Kier alpha value is -0.0800. The summed E-state index contributed by atoms with van der Waals surface area (Å²) in [7, 11) is 2.31. The fourth-order valence-electron chi connectivity index (χ4n) is 2.75. The highest BCUT2D eigenvalue weighted by Gasteiger charge is 2.16. The standard InChI is InChI=1S/C15H32N2/c1-3-4-5-6-7-8-9-14-17(2)15-10-12-16-13-11-15/h15-16H,3-14H2,1-2H3. The molecule has 2 nitrogen and oxygen atoms in total. The zero-order chi connectivity index (χ0) is 12.3. The van der Waals surface area contributed by atoms with Gasteiger partial charge < -0.3 is 10.2 Å². The van der Waals surface area contributed by atoms with E-state index in [2.05, 4.69) is 24.2 Å². The largest absolute Gasteiger partial charge is 0.317 e. The molecule has 0 saturated carbocycles. The summed E-state index contributed by atoms with van der Waals surface area (Å²) >= 11 is 0. The predicted octanol–water partition coefficient (Wildman–Crippen LogP) is 3.42. The van der Waals surface area contributed by atoms with Crippen molar-refractivity contribution in [2.45, 2.75) is 70.8 Å². The molecule has 1 rings (SSSR count). The van der Waals surface area contributed by atoms with Crippen LogP contribution >= 0.6 is 0 Å². The lowest BCUT2D eigenvalue weighted by Crippen LogP contribution is -2.41. The van der Waals surface area contributed by atoms with Gasteiger partial charge in [0.15, 0.2) is 0 Å². The first-order chi connectivity index (χ1) is 8.34. The molecule has 0 atom stereocenters. The van der Waals surface area contributed by atoms with Gasteiger partial charge in [0.1, 0.15) is 0 Å². The molecule has 17 heavy (non-hydrogen) atoms. The molecule has 1 aliphatic heterocycles. The third kappa shape index (κ3) is 7.05. The van der Waals surface area contributed by atoms with Crippen molar-refractivity contribution in [2.75, 3.05) is 26.7 Å². The quantitative estimate of drug-likeness (QED) is 0.621. The van der Waals surface area contributed by atoms with Crippen LogP contribution in [0.1, 0.15) is 64.7 Å². The van der Waals surface area contributed by atoms with Crippen LogP contribution in [0.4, 0.5) is 0 Å². The topological polar surface area (TPSA) is 15.3 Å². The van der Waals surface area contributed by atoms with Crippen molar-refractivity contribution in [3.63, 3.8) is 0 Å². The van der Waals surface area contributed by atoms with Crippen molar-refractivity contribution in [3.05, 3.63) is 0 Å². The van der Waals surface area contributed by atoms with Gasteiger partial charge >= 0.3 is 0 Å². The number of nitrogens with zero attached hydrogens (tertiary/aromatic N) is 1. The summed E-state index contributed by atoms with van der Waals surface area (Å²) in [6.07, 6.45) is 12.6. The Bertz CT molecular complexity index is 164. The molecule has 0 radical (unpaired) electrons. The van der Waals surface area contributed by atoms with Crippen LogP contribution in [0.15, 0.2) is 0 Å². The van der Waals surface area contributed by atoms with Gasteiger partial charge in [-0.05, 0) is 45.9 Å². The Morgan fingerprint density at radius 3 is 2.18 bits per heavy atom. The van der Waals surface area contributed by atoms with Crippen molar-refractivity contribution in [2.24, 2.45) is 0 Å².